The van der Waals surface area contributed by atoms with Crippen molar-refractivity contribution in [2.24, 2.45) is 0 Å². The highest BCUT2D eigenvalue weighted by atomic mass is 29.3. The molecule has 3 fully saturated rings. The number of allylic oxidation sites excluding steroid dienone is 1. The van der Waals surface area contributed by atoms with Crippen LogP contribution in [0.15, 0.2) is 10.0 Å². The number of rotatable bonds is 4. The molecule has 0 aromatic carbocycles. The molecule has 3 saturated heterocycles. The second-order valence-corrected chi connectivity index (χ2v) is 61.5. The predicted octanol–water partition coefficient (Wildman–Crippen LogP) is 7.37. The van der Waals surface area contributed by atoms with Crippen LogP contribution < -0.4 is 0 Å². The van der Waals surface area contributed by atoms with Gasteiger partial charge >= 0.3 is 0 Å². The highest BCUT2D eigenvalue weighted by molar-refractivity contribution is 7.47. The van der Waals surface area contributed by atoms with E-state index in [1.165, 1.54) is 53.7 Å². The Labute approximate surface area is 239 Å². The lowest BCUT2D eigenvalue weighted by Gasteiger charge is -2.58. The van der Waals surface area contributed by atoms with E-state index in [0.29, 0.717) is 0 Å². The summed E-state index contributed by atoms with van der Waals surface area (Å²) in [5, 5.41) is 2.04. The summed E-state index contributed by atoms with van der Waals surface area (Å²) in [6.07, 6.45) is 3.71. The first kappa shape index (κ1) is 32.7. The van der Waals surface area contributed by atoms with Crippen LogP contribution in [0.3, 0.4) is 0 Å². The summed E-state index contributed by atoms with van der Waals surface area (Å²) in [6.45, 7) is 38.0. The minimum atomic E-state index is -1.87. The Balaban J connectivity index is 2.22. The van der Waals surface area contributed by atoms with Crippen molar-refractivity contribution in [2.75, 3.05) is 0 Å². The van der Waals surface area contributed by atoms with Crippen LogP contribution in [-0.2, 0) is 13.3 Å². The molecule has 3 unspecified atom stereocenters. The second-order valence-electron chi connectivity index (χ2n) is 17.1. The molecule has 0 aromatic rings. The fraction of sp³-hybridized carbons (Fsp3) is 0.926. The molecule has 3 heterocycles. The molecule has 3 aliphatic rings. The monoisotopic (exact) mass is 630 g/mol. The molecule has 0 aliphatic carbocycles. The first-order chi connectivity index (χ1) is 16.2. The molecule has 0 bridgehead atoms. The van der Waals surface area contributed by atoms with Gasteiger partial charge in [0.2, 0.25) is 0 Å². The maximum atomic E-state index is 7.19. The van der Waals surface area contributed by atoms with Gasteiger partial charge in [-0.1, -0.05) is 43.0 Å². The van der Waals surface area contributed by atoms with Gasteiger partial charge in [-0.3, -0.25) is 0 Å². The van der Waals surface area contributed by atoms with Crippen LogP contribution in [0.1, 0.15) is 60.8 Å². The third-order valence-corrected chi connectivity index (χ3v) is 69.1. The summed E-state index contributed by atoms with van der Waals surface area (Å²) in [4.78, 5) is 2.01. The third-order valence-electron chi connectivity index (χ3n) is 12.0. The fourth-order valence-electron chi connectivity index (χ4n) is 8.08. The van der Waals surface area contributed by atoms with E-state index in [0.717, 1.165) is 0 Å². The quantitative estimate of drug-likeness (QED) is 0.304. The normalized spacial score (nSPS) is 40.6. The van der Waals surface area contributed by atoms with E-state index in [-0.39, 0.29) is 16.8 Å². The van der Waals surface area contributed by atoms with E-state index in [1.807, 2.05) is 10.0 Å². The van der Waals surface area contributed by atoms with Crippen LogP contribution in [0.5, 0.6) is 0 Å². The van der Waals surface area contributed by atoms with Crippen molar-refractivity contribution < 1.29 is 13.3 Å². The third kappa shape index (κ3) is 5.90. The fourth-order valence-corrected chi connectivity index (χ4v) is 58.5. The number of hydrogen-bond donors (Lipinski definition) is 0. The van der Waals surface area contributed by atoms with Crippen molar-refractivity contribution in [2.45, 2.75) is 161 Å². The maximum Gasteiger partial charge on any atom is 0.179 e. The van der Waals surface area contributed by atoms with Crippen LogP contribution in [-0.4, -0.2) is 73.3 Å². The van der Waals surface area contributed by atoms with Crippen molar-refractivity contribution in [3.63, 3.8) is 0 Å². The Bertz CT molecular complexity index is 942. The zero-order valence-electron chi connectivity index (χ0n) is 27.7. The van der Waals surface area contributed by atoms with Crippen LogP contribution in [0.4, 0.5) is 0 Å². The molecular weight excluding hydrogens is 569 g/mol. The lowest BCUT2D eigenvalue weighted by molar-refractivity contribution is 0.0923. The Morgan fingerprint density at radius 1 is 0.568 bits per heavy atom. The lowest BCUT2D eigenvalue weighted by atomic mass is 10.1. The molecule has 3 atom stereocenters. The second kappa shape index (κ2) is 9.58. The summed E-state index contributed by atoms with van der Waals surface area (Å²) in [7, 11) is -9.31. The molecule has 10 heteroatoms. The average molecular weight is 631 g/mol. The Hall–Kier alpha value is 1.14. The van der Waals surface area contributed by atoms with E-state index in [9.17, 15) is 0 Å². The SMILES string of the molecule is CC1(C)CC[Si](C)(CC(=C([SiH3])[Si]2(C)CCC(C)(C)O[Si]2(C)C)[Si]2(C)CCC(C)(C)O[Si]2(C)C)[Si](C)(C)O1. The van der Waals surface area contributed by atoms with Crippen LogP contribution >= 0.6 is 0 Å². The smallest absolute Gasteiger partial charge is 0.179 e. The van der Waals surface area contributed by atoms with E-state index in [2.05, 4.69) is 100 Å². The first-order valence-electron chi connectivity index (χ1n) is 15.1. The largest absolute Gasteiger partial charge is 0.415 e. The minimum absolute atomic E-state index is 0.0410. The van der Waals surface area contributed by atoms with Gasteiger partial charge in [0.05, 0.1) is 32.0 Å². The van der Waals surface area contributed by atoms with E-state index >= 15 is 0 Å². The van der Waals surface area contributed by atoms with Gasteiger partial charge in [0.1, 0.15) is 7.59 Å². The van der Waals surface area contributed by atoms with Crippen molar-refractivity contribution in [3.05, 3.63) is 10.0 Å². The zero-order valence-corrected chi connectivity index (χ0v) is 35.7. The molecule has 3 nitrogen and oxygen atoms in total. The lowest BCUT2D eigenvalue weighted by Crippen LogP contribution is -2.72. The van der Waals surface area contributed by atoms with Gasteiger partial charge in [-0.05, 0) is 106 Å². The summed E-state index contributed by atoms with van der Waals surface area (Å²) in [6, 6.07) is 5.72. The van der Waals surface area contributed by atoms with Gasteiger partial charge in [-0.25, -0.2) is 0 Å². The van der Waals surface area contributed by atoms with Crippen LogP contribution in [0.2, 0.25) is 83.1 Å². The van der Waals surface area contributed by atoms with Gasteiger partial charge in [0, 0.05) is 10.2 Å². The van der Waals surface area contributed by atoms with E-state index in [4.69, 9.17) is 13.3 Å². The standard InChI is InChI=1S/C27H62O3Si7/c1-25(2)16-19-35(13,32(7,8)28-25)22-23(36(14)20-17-26(3,4)29-33(36,9)10)24(31)37(15)21-18-27(5,6)30-34(37,11)12/h16-22H2,1-15,31H3. The van der Waals surface area contributed by atoms with Crippen molar-refractivity contribution in [1.82, 2.24) is 0 Å². The minimum Gasteiger partial charge on any atom is -0.415 e. The summed E-state index contributed by atoms with van der Waals surface area (Å²) >= 11 is 0. The van der Waals surface area contributed by atoms with Gasteiger partial charge < -0.3 is 13.3 Å². The van der Waals surface area contributed by atoms with Gasteiger partial charge in [0.15, 0.2) is 23.5 Å². The van der Waals surface area contributed by atoms with Crippen LogP contribution in [0, 0.1) is 0 Å². The molecule has 3 rings (SSSR count). The molecule has 0 aromatic heterocycles. The van der Waals surface area contributed by atoms with Crippen LogP contribution in [0.25, 0.3) is 0 Å². The summed E-state index contributed by atoms with van der Waals surface area (Å²) in [5.41, 5.74) is 0.150. The highest BCUT2D eigenvalue weighted by Crippen LogP contribution is 2.51. The maximum absolute atomic E-state index is 7.19. The first-order valence-corrected chi connectivity index (χ1v) is 36.1. The molecule has 3 aliphatic heterocycles. The molecule has 0 amide bonds. The van der Waals surface area contributed by atoms with E-state index in [1.54, 1.807) is 0 Å². The van der Waals surface area contributed by atoms with Crippen molar-refractivity contribution in [3.8, 4) is 0 Å². The summed E-state index contributed by atoms with van der Waals surface area (Å²) < 4.78 is 21.4. The molecule has 37 heavy (non-hydrogen) atoms. The van der Waals surface area contributed by atoms with E-state index < -0.39 is 46.3 Å². The van der Waals surface area contributed by atoms with Gasteiger partial charge in [-0.15, -0.1) is 4.82 Å². The zero-order chi connectivity index (χ0) is 28.7. The van der Waals surface area contributed by atoms with Crippen molar-refractivity contribution >= 4 is 56.5 Å². The highest BCUT2D eigenvalue weighted by Gasteiger charge is 2.62. The molecule has 216 valence electrons. The summed E-state index contributed by atoms with van der Waals surface area (Å²) in [5.74, 6) is 0. The molecule has 0 spiro atoms. The number of hydrogen-bond acceptors (Lipinski definition) is 3. The van der Waals surface area contributed by atoms with Gasteiger partial charge in [0.25, 0.3) is 0 Å². The van der Waals surface area contributed by atoms with Crippen molar-refractivity contribution in [1.29, 1.82) is 0 Å². The molecule has 0 N–H and O–H groups in total. The Morgan fingerprint density at radius 2 is 0.919 bits per heavy atom. The molecular formula is C27H62O3Si7. The topological polar surface area (TPSA) is 27.7 Å². The molecule has 0 radical (unpaired) electrons. The van der Waals surface area contributed by atoms with Gasteiger partial charge in [-0.2, -0.15) is 0 Å². The predicted molar refractivity (Wildman–Crippen MR) is 183 cm³/mol. The average Bonchev–Trinajstić information content (AvgIpc) is 2.67. The molecule has 0 saturated carbocycles. The Kier molecular flexibility index (Phi) is 8.46. The Morgan fingerprint density at radius 3 is 1.30 bits per heavy atom.